The van der Waals surface area contributed by atoms with E-state index in [1.54, 1.807) is 26.2 Å². The van der Waals surface area contributed by atoms with Crippen LogP contribution in [0, 0.1) is 11.8 Å². The molecule has 0 bridgehead atoms. The molecule has 0 aliphatic carbocycles. The van der Waals surface area contributed by atoms with E-state index in [-0.39, 0.29) is 25.2 Å². The third-order valence-corrected chi connectivity index (χ3v) is 7.15. The molecule has 0 amide bonds. The highest BCUT2D eigenvalue weighted by Gasteiger charge is 2.35. The smallest absolute Gasteiger partial charge is 0.309 e. The largest absolute Gasteiger partial charge is 0.457 e. The molecule has 216 valence electrons. The third kappa shape index (κ3) is 11.1. The Hall–Kier alpha value is -2.74. The molecular weight excluding hydrogens is 496 g/mol. The van der Waals surface area contributed by atoms with Crippen LogP contribution in [0.4, 0.5) is 0 Å². The van der Waals surface area contributed by atoms with Gasteiger partial charge in [-0.25, -0.2) is 0 Å². The van der Waals surface area contributed by atoms with Crippen molar-refractivity contribution in [1.82, 2.24) is 0 Å². The lowest BCUT2D eigenvalue weighted by Gasteiger charge is -2.32. The number of hydrogen-bond acceptors (Lipinski definition) is 7. The van der Waals surface area contributed by atoms with E-state index < -0.39 is 35.9 Å². The highest BCUT2D eigenvalue weighted by atomic mass is 16.6. The van der Waals surface area contributed by atoms with Crippen molar-refractivity contribution >= 4 is 11.9 Å². The molecule has 0 aromatic heterocycles. The number of allylic oxidation sites excluding steroid dienone is 3. The lowest BCUT2D eigenvalue weighted by Crippen LogP contribution is -2.42. The molecule has 0 spiro atoms. The van der Waals surface area contributed by atoms with Crippen LogP contribution in [-0.2, 0) is 36.8 Å². The van der Waals surface area contributed by atoms with Gasteiger partial charge in [-0.05, 0) is 68.2 Å². The number of ether oxygens (including phenoxy) is 3. The van der Waals surface area contributed by atoms with Crippen molar-refractivity contribution in [2.75, 3.05) is 7.11 Å². The Bertz CT molecular complexity index is 1020. The average Bonchev–Trinajstić information content (AvgIpc) is 2.87. The van der Waals surface area contributed by atoms with E-state index in [0.29, 0.717) is 12.5 Å². The molecule has 6 atom stereocenters. The summed E-state index contributed by atoms with van der Waals surface area (Å²) in [6, 6.07) is 8.32. The number of esters is 2. The van der Waals surface area contributed by atoms with Gasteiger partial charge in [0.25, 0.3) is 0 Å². The van der Waals surface area contributed by atoms with Crippen molar-refractivity contribution in [2.24, 2.45) is 11.8 Å². The highest BCUT2D eigenvalue weighted by Crippen LogP contribution is 2.27. The molecule has 1 unspecified atom stereocenters. The second kappa shape index (κ2) is 15.8. The number of aliphatic hydroxyl groups excluding tert-OH is 1. The van der Waals surface area contributed by atoms with Crippen LogP contribution in [0.3, 0.4) is 0 Å². The van der Waals surface area contributed by atoms with Gasteiger partial charge in [0.2, 0.25) is 0 Å². The minimum Gasteiger partial charge on any atom is -0.457 e. The molecule has 2 rings (SSSR count). The summed E-state index contributed by atoms with van der Waals surface area (Å²) in [5, 5.41) is 21.3. The fraction of sp³-hybridized carbons (Fsp3) is 0.562. The Kier molecular flexibility index (Phi) is 13.1. The first-order valence-electron chi connectivity index (χ1n) is 13.8. The highest BCUT2D eigenvalue weighted by molar-refractivity contribution is 5.70. The van der Waals surface area contributed by atoms with E-state index in [2.05, 4.69) is 31.2 Å². The molecule has 1 aromatic rings. The van der Waals surface area contributed by atoms with Crippen molar-refractivity contribution in [3.63, 3.8) is 0 Å². The topological polar surface area (TPSA) is 102 Å². The van der Waals surface area contributed by atoms with Crippen LogP contribution in [0.15, 0.2) is 60.2 Å². The zero-order chi connectivity index (χ0) is 29.0. The quantitative estimate of drug-likeness (QED) is 0.250. The average molecular weight is 543 g/mol. The molecule has 7 nitrogen and oxygen atoms in total. The minimum atomic E-state index is -1.39. The summed E-state index contributed by atoms with van der Waals surface area (Å²) in [7, 11) is 1.71. The summed E-state index contributed by atoms with van der Waals surface area (Å²) in [4.78, 5) is 24.3. The van der Waals surface area contributed by atoms with E-state index >= 15 is 0 Å². The van der Waals surface area contributed by atoms with Gasteiger partial charge in [0, 0.05) is 20.0 Å². The SMILES string of the molecule is COCc1ccccc1CCC(C)/C=C/C=C(\C)[C@H]1OC(=O)C[C@@H](O)CC[C@](C)(O)[C@@H](OC(C)=O)/C=C\[C@@H]1C. The second-order valence-electron chi connectivity index (χ2n) is 11.0. The number of methoxy groups -OCH3 is 1. The van der Waals surface area contributed by atoms with E-state index in [1.807, 2.05) is 32.1 Å². The van der Waals surface area contributed by atoms with Gasteiger partial charge in [0.1, 0.15) is 17.8 Å². The van der Waals surface area contributed by atoms with E-state index in [0.717, 1.165) is 18.4 Å². The zero-order valence-electron chi connectivity index (χ0n) is 24.3. The van der Waals surface area contributed by atoms with Gasteiger partial charge >= 0.3 is 11.9 Å². The van der Waals surface area contributed by atoms with Gasteiger partial charge in [-0.3, -0.25) is 9.59 Å². The normalized spacial score (nSPS) is 28.7. The minimum absolute atomic E-state index is 0.154. The summed E-state index contributed by atoms with van der Waals surface area (Å²) in [6.45, 7) is 9.43. The maximum Gasteiger partial charge on any atom is 0.309 e. The molecule has 0 fully saturated rings. The Morgan fingerprint density at radius 2 is 1.92 bits per heavy atom. The summed E-state index contributed by atoms with van der Waals surface area (Å²) < 4.78 is 16.5. The van der Waals surface area contributed by atoms with Crippen LogP contribution in [0.5, 0.6) is 0 Å². The van der Waals surface area contributed by atoms with Crippen LogP contribution in [0.1, 0.15) is 71.4 Å². The monoisotopic (exact) mass is 542 g/mol. The zero-order valence-corrected chi connectivity index (χ0v) is 24.3. The molecule has 0 saturated heterocycles. The van der Waals surface area contributed by atoms with Crippen LogP contribution in [0.25, 0.3) is 0 Å². The van der Waals surface area contributed by atoms with Crippen molar-refractivity contribution in [2.45, 2.75) is 97.2 Å². The number of benzene rings is 1. The molecule has 0 saturated carbocycles. The fourth-order valence-electron chi connectivity index (χ4n) is 4.70. The Labute approximate surface area is 233 Å². The fourth-order valence-corrected chi connectivity index (χ4v) is 4.70. The van der Waals surface area contributed by atoms with Gasteiger partial charge < -0.3 is 24.4 Å². The number of rotatable bonds is 9. The predicted molar refractivity (Wildman–Crippen MR) is 152 cm³/mol. The van der Waals surface area contributed by atoms with Crippen molar-refractivity contribution in [3.8, 4) is 0 Å². The van der Waals surface area contributed by atoms with Crippen LogP contribution < -0.4 is 0 Å². The van der Waals surface area contributed by atoms with E-state index in [9.17, 15) is 19.8 Å². The lowest BCUT2D eigenvalue weighted by molar-refractivity contribution is -0.157. The molecule has 1 aliphatic heterocycles. The van der Waals surface area contributed by atoms with Crippen LogP contribution in [0.2, 0.25) is 0 Å². The number of cyclic esters (lactones) is 1. The molecular formula is C32H46O7. The van der Waals surface area contributed by atoms with E-state index in [1.165, 1.54) is 18.1 Å². The molecule has 0 radical (unpaired) electrons. The van der Waals surface area contributed by atoms with Crippen molar-refractivity contribution in [3.05, 3.63) is 71.3 Å². The van der Waals surface area contributed by atoms with Crippen molar-refractivity contribution < 1.29 is 34.0 Å². The summed E-state index contributed by atoms with van der Waals surface area (Å²) in [6.07, 6.45) is 9.16. The second-order valence-corrected chi connectivity index (χ2v) is 11.0. The van der Waals surface area contributed by atoms with Gasteiger partial charge in [-0.1, -0.05) is 62.4 Å². The lowest BCUT2D eigenvalue weighted by atomic mass is 9.88. The summed E-state index contributed by atoms with van der Waals surface area (Å²) in [5.74, 6) is -0.934. The van der Waals surface area contributed by atoms with Gasteiger partial charge in [-0.15, -0.1) is 0 Å². The molecule has 39 heavy (non-hydrogen) atoms. The van der Waals surface area contributed by atoms with Crippen LogP contribution >= 0.6 is 0 Å². The van der Waals surface area contributed by atoms with Gasteiger partial charge in [-0.2, -0.15) is 0 Å². The molecule has 1 aromatic carbocycles. The van der Waals surface area contributed by atoms with Crippen LogP contribution in [-0.4, -0.2) is 53.2 Å². The Balaban J connectivity index is 2.16. The number of aliphatic hydroxyl groups is 2. The first kappa shape index (κ1) is 32.5. The first-order chi connectivity index (χ1) is 18.4. The molecule has 2 N–H and O–H groups in total. The maximum atomic E-state index is 12.6. The predicted octanol–water partition coefficient (Wildman–Crippen LogP) is 5.24. The summed E-state index contributed by atoms with van der Waals surface area (Å²) in [5.41, 5.74) is 1.95. The standard InChI is InChI=1S/C32H46O7/c1-22(14-16-26-12-7-8-13-27(26)21-37-6)10-9-11-23(2)31-24(3)15-17-29(38-25(4)33)32(5,36)19-18-28(34)20-30(35)39-31/h7-13,15,17,22,24,28-29,31,34,36H,14,16,18-21H2,1-6H3/b10-9+,17-15-,23-11+/t22?,24-,28-,29-,31+,32-/m0/s1. The molecule has 1 heterocycles. The number of aryl methyl sites for hydroxylation is 1. The number of hydrogen-bond donors (Lipinski definition) is 2. The Morgan fingerprint density at radius 1 is 1.23 bits per heavy atom. The van der Waals surface area contributed by atoms with E-state index in [4.69, 9.17) is 14.2 Å². The first-order valence-corrected chi connectivity index (χ1v) is 13.8. The summed E-state index contributed by atoms with van der Waals surface area (Å²) >= 11 is 0. The number of carbonyl (C=O) groups is 2. The molecule has 7 heteroatoms. The van der Waals surface area contributed by atoms with Crippen molar-refractivity contribution in [1.29, 1.82) is 0 Å². The number of carbonyl (C=O) groups excluding carboxylic acids is 2. The van der Waals surface area contributed by atoms with Gasteiger partial charge in [0.05, 0.1) is 19.1 Å². The van der Waals surface area contributed by atoms with Gasteiger partial charge in [0.15, 0.2) is 0 Å². The molecule has 1 aliphatic rings. The maximum absolute atomic E-state index is 12.6. The Morgan fingerprint density at radius 3 is 2.59 bits per heavy atom. The third-order valence-electron chi connectivity index (χ3n) is 7.15.